The highest BCUT2D eigenvalue weighted by Gasteiger charge is 2.33. The maximum Gasteiger partial charge on any atom is 0.151 e. The second-order valence-electron chi connectivity index (χ2n) is 6.34. The highest BCUT2D eigenvalue weighted by molar-refractivity contribution is 9.10. The van der Waals surface area contributed by atoms with Gasteiger partial charge in [-0.1, -0.05) is 27.2 Å². The van der Waals surface area contributed by atoms with Crippen LogP contribution in [0.2, 0.25) is 0 Å². The molecule has 0 amide bonds. The first-order chi connectivity index (χ1) is 9.03. The molecule has 1 aliphatic carbocycles. The van der Waals surface area contributed by atoms with E-state index in [1.165, 1.54) is 24.2 Å². The third kappa shape index (κ3) is 2.12. The van der Waals surface area contributed by atoms with E-state index in [-0.39, 0.29) is 0 Å². The van der Waals surface area contributed by atoms with Crippen molar-refractivity contribution in [2.45, 2.75) is 46.5 Å². The zero-order chi connectivity index (χ0) is 13.6. The van der Waals surface area contributed by atoms with Crippen molar-refractivity contribution in [2.75, 3.05) is 0 Å². The molecule has 0 N–H and O–H groups in total. The molecule has 1 atom stereocenters. The number of pyridine rings is 1. The lowest BCUT2D eigenvalue weighted by Gasteiger charge is -2.36. The maximum absolute atomic E-state index is 4.81. The van der Waals surface area contributed by atoms with Gasteiger partial charge in [0, 0.05) is 11.9 Å². The molecule has 3 heteroatoms. The monoisotopic (exact) mass is 320 g/mol. The molecule has 0 aliphatic heterocycles. The minimum Gasteiger partial charge on any atom is -0.303 e. The molecule has 0 fully saturated rings. The standard InChI is InChI=1S/C16H21BrN2/c1-4-16(2,3)11-7-8-13-14(10-11)19-9-5-6-12(17)15(19)18-13/h5-6,9,11H,4,7-8,10H2,1-3H3. The van der Waals surface area contributed by atoms with E-state index in [1.807, 2.05) is 0 Å². The molecule has 2 nitrogen and oxygen atoms in total. The number of aromatic nitrogens is 2. The number of rotatable bonds is 2. The Balaban J connectivity index is 2.05. The third-order valence-electron chi connectivity index (χ3n) is 4.97. The van der Waals surface area contributed by atoms with Crippen LogP contribution in [0.5, 0.6) is 0 Å². The number of fused-ring (bicyclic) bond motifs is 3. The molecule has 0 saturated carbocycles. The van der Waals surface area contributed by atoms with Gasteiger partial charge in [-0.25, -0.2) is 4.98 Å². The average molecular weight is 321 g/mol. The molecule has 0 spiro atoms. The topological polar surface area (TPSA) is 17.3 Å². The quantitative estimate of drug-likeness (QED) is 0.788. The maximum atomic E-state index is 4.81. The van der Waals surface area contributed by atoms with Gasteiger partial charge in [0.05, 0.1) is 10.2 Å². The summed E-state index contributed by atoms with van der Waals surface area (Å²) < 4.78 is 3.37. The van der Waals surface area contributed by atoms with E-state index < -0.39 is 0 Å². The van der Waals surface area contributed by atoms with Gasteiger partial charge in [-0.05, 0) is 58.7 Å². The number of nitrogens with zero attached hydrogens (tertiary/aromatic N) is 2. The average Bonchev–Trinajstić information content (AvgIpc) is 2.78. The van der Waals surface area contributed by atoms with E-state index in [0.717, 1.165) is 28.9 Å². The highest BCUT2D eigenvalue weighted by atomic mass is 79.9. The summed E-state index contributed by atoms with van der Waals surface area (Å²) in [7, 11) is 0. The number of hydrogen-bond donors (Lipinski definition) is 0. The van der Waals surface area contributed by atoms with Gasteiger partial charge in [0.25, 0.3) is 0 Å². The van der Waals surface area contributed by atoms with Gasteiger partial charge in [0.15, 0.2) is 5.65 Å². The van der Waals surface area contributed by atoms with Crippen molar-refractivity contribution in [3.05, 3.63) is 34.2 Å². The lowest BCUT2D eigenvalue weighted by atomic mass is 9.70. The van der Waals surface area contributed by atoms with Gasteiger partial charge in [0.1, 0.15) is 0 Å². The molecule has 1 unspecified atom stereocenters. The number of hydrogen-bond acceptors (Lipinski definition) is 1. The van der Waals surface area contributed by atoms with Crippen LogP contribution in [0.1, 0.15) is 45.0 Å². The lowest BCUT2D eigenvalue weighted by Crippen LogP contribution is -2.29. The van der Waals surface area contributed by atoms with Crippen molar-refractivity contribution in [1.82, 2.24) is 9.38 Å². The smallest absolute Gasteiger partial charge is 0.151 e. The summed E-state index contributed by atoms with van der Waals surface area (Å²) in [4.78, 5) is 4.81. The highest BCUT2D eigenvalue weighted by Crippen LogP contribution is 2.40. The number of imidazole rings is 1. The van der Waals surface area contributed by atoms with Crippen LogP contribution < -0.4 is 0 Å². The Morgan fingerprint density at radius 2 is 2.26 bits per heavy atom. The van der Waals surface area contributed by atoms with E-state index in [4.69, 9.17) is 4.98 Å². The minimum atomic E-state index is 0.424. The van der Waals surface area contributed by atoms with Crippen molar-refractivity contribution in [2.24, 2.45) is 11.3 Å². The first-order valence-electron chi connectivity index (χ1n) is 7.17. The van der Waals surface area contributed by atoms with Crippen molar-refractivity contribution in [3.8, 4) is 0 Å². The summed E-state index contributed by atoms with van der Waals surface area (Å²) in [5.41, 5.74) is 4.22. The molecule has 0 radical (unpaired) electrons. The lowest BCUT2D eigenvalue weighted by molar-refractivity contribution is 0.180. The van der Waals surface area contributed by atoms with Crippen molar-refractivity contribution < 1.29 is 0 Å². The van der Waals surface area contributed by atoms with Crippen LogP contribution in [0, 0.1) is 11.3 Å². The molecular formula is C16H21BrN2. The minimum absolute atomic E-state index is 0.424. The molecule has 0 aromatic carbocycles. The van der Waals surface area contributed by atoms with E-state index in [9.17, 15) is 0 Å². The number of aryl methyl sites for hydroxylation is 1. The fourth-order valence-electron chi connectivity index (χ4n) is 3.15. The second-order valence-corrected chi connectivity index (χ2v) is 7.19. The van der Waals surface area contributed by atoms with Crippen LogP contribution in [0.25, 0.3) is 5.65 Å². The SMILES string of the molecule is CCC(C)(C)C1CCc2nc3c(Br)cccn3c2C1. The third-order valence-corrected chi connectivity index (χ3v) is 5.59. The fraction of sp³-hybridized carbons (Fsp3) is 0.562. The van der Waals surface area contributed by atoms with E-state index >= 15 is 0 Å². The molecular weight excluding hydrogens is 300 g/mol. The van der Waals surface area contributed by atoms with Gasteiger partial charge < -0.3 is 4.40 Å². The van der Waals surface area contributed by atoms with E-state index in [1.54, 1.807) is 0 Å². The zero-order valence-corrected chi connectivity index (χ0v) is 13.5. The largest absolute Gasteiger partial charge is 0.303 e. The Hall–Kier alpha value is -0.830. The first-order valence-corrected chi connectivity index (χ1v) is 7.96. The molecule has 3 rings (SSSR count). The van der Waals surface area contributed by atoms with Crippen LogP contribution in [0.4, 0.5) is 0 Å². The molecule has 2 aromatic rings. The Morgan fingerprint density at radius 1 is 1.47 bits per heavy atom. The molecule has 0 saturated heterocycles. The summed E-state index contributed by atoms with van der Waals surface area (Å²) in [5.74, 6) is 0.767. The Bertz CT molecular complexity index is 612. The van der Waals surface area contributed by atoms with Crippen LogP contribution in [0.3, 0.4) is 0 Å². The van der Waals surface area contributed by atoms with Crippen molar-refractivity contribution >= 4 is 21.6 Å². The molecule has 19 heavy (non-hydrogen) atoms. The van der Waals surface area contributed by atoms with Crippen LogP contribution in [-0.4, -0.2) is 9.38 Å². The van der Waals surface area contributed by atoms with Gasteiger partial charge in [-0.3, -0.25) is 0 Å². The van der Waals surface area contributed by atoms with Gasteiger partial charge >= 0.3 is 0 Å². The summed E-state index contributed by atoms with van der Waals surface area (Å²) in [6.45, 7) is 7.12. The van der Waals surface area contributed by atoms with Gasteiger partial charge in [-0.15, -0.1) is 0 Å². The van der Waals surface area contributed by atoms with Crippen molar-refractivity contribution in [3.63, 3.8) is 0 Å². The van der Waals surface area contributed by atoms with E-state index in [2.05, 4.69) is 59.4 Å². The Kier molecular flexibility index (Phi) is 3.20. The normalized spacial score (nSPS) is 19.7. The first kappa shape index (κ1) is 13.2. The van der Waals surface area contributed by atoms with Crippen LogP contribution >= 0.6 is 15.9 Å². The van der Waals surface area contributed by atoms with E-state index in [0.29, 0.717) is 5.41 Å². The van der Waals surface area contributed by atoms with Gasteiger partial charge in [0.2, 0.25) is 0 Å². The number of halogens is 1. The molecule has 0 bridgehead atoms. The predicted octanol–water partition coefficient (Wildman–Crippen LogP) is 4.64. The molecule has 2 aromatic heterocycles. The zero-order valence-electron chi connectivity index (χ0n) is 11.9. The second kappa shape index (κ2) is 4.62. The van der Waals surface area contributed by atoms with Crippen LogP contribution in [0.15, 0.2) is 22.8 Å². The van der Waals surface area contributed by atoms with Crippen molar-refractivity contribution in [1.29, 1.82) is 0 Å². The van der Waals surface area contributed by atoms with Crippen LogP contribution in [-0.2, 0) is 12.8 Å². The van der Waals surface area contributed by atoms with Gasteiger partial charge in [-0.2, -0.15) is 0 Å². The summed E-state index contributed by atoms with van der Waals surface area (Å²) in [6, 6.07) is 4.16. The predicted molar refractivity (Wildman–Crippen MR) is 82.5 cm³/mol. The Labute approximate surface area is 123 Å². The fourth-order valence-corrected chi connectivity index (χ4v) is 3.58. The molecule has 102 valence electrons. The molecule has 2 heterocycles. The summed E-state index contributed by atoms with van der Waals surface area (Å²) in [5, 5.41) is 0. The summed E-state index contributed by atoms with van der Waals surface area (Å²) in [6.07, 6.45) is 6.95. The molecule has 1 aliphatic rings. The Morgan fingerprint density at radius 3 is 3.00 bits per heavy atom. The summed E-state index contributed by atoms with van der Waals surface area (Å²) >= 11 is 3.61.